The van der Waals surface area contributed by atoms with Crippen LogP contribution in [0.15, 0.2) is 60.8 Å². The molecule has 0 radical (unpaired) electrons. The lowest BCUT2D eigenvalue weighted by Crippen LogP contribution is -2.40. The lowest BCUT2D eigenvalue weighted by molar-refractivity contribution is -0.140. The van der Waals surface area contributed by atoms with Gasteiger partial charge in [0.1, 0.15) is 11.5 Å². The van der Waals surface area contributed by atoms with Crippen molar-refractivity contribution in [2.45, 2.75) is 18.9 Å². The Balaban J connectivity index is 0.00000370. The van der Waals surface area contributed by atoms with E-state index in [0.29, 0.717) is 24.5 Å². The number of aromatic nitrogens is 2. The molecule has 0 spiro atoms. The Morgan fingerprint density at radius 1 is 1.12 bits per heavy atom. The molecule has 1 unspecified atom stereocenters. The summed E-state index contributed by atoms with van der Waals surface area (Å²) in [7, 11) is 4.94. The summed E-state index contributed by atoms with van der Waals surface area (Å²) in [5.74, 6) is -0.630. The summed E-state index contributed by atoms with van der Waals surface area (Å²) < 4.78 is 26.4. The summed E-state index contributed by atoms with van der Waals surface area (Å²) in [5, 5.41) is 10.5. The zero-order valence-corrected chi connectivity index (χ0v) is 23.1. The van der Waals surface area contributed by atoms with E-state index in [4.69, 9.17) is 9.47 Å². The molecule has 40 heavy (non-hydrogen) atoms. The van der Waals surface area contributed by atoms with Gasteiger partial charge in [0.25, 0.3) is 0 Å². The van der Waals surface area contributed by atoms with E-state index >= 15 is 0 Å². The SMILES string of the molecule is COc1cc2c(cc1OC)C(CC(=O)O)N(C(=O)/C=C/c1c(-c3ccc(F)cc3)n(C)c3ncccc13)CC2.Cl. The fourth-order valence-corrected chi connectivity index (χ4v) is 5.34. The number of carboxylic acid groups (broad SMARTS) is 1. The molecule has 0 saturated heterocycles. The van der Waals surface area contributed by atoms with Gasteiger partial charge in [-0.25, -0.2) is 9.37 Å². The van der Waals surface area contributed by atoms with Crippen molar-refractivity contribution >= 4 is 41.4 Å². The van der Waals surface area contributed by atoms with Crippen LogP contribution in [0.2, 0.25) is 0 Å². The Labute approximate surface area is 237 Å². The minimum absolute atomic E-state index is 0. The summed E-state index contributed by atoms with van der Waals surface area (Å²) >= 11 is 0. The average Bonchev–Trinajstić information content (AvgIpc) is 3.22. The monoisotopic (exact) mass is 565 g/mol. The Bertz CT molecular complexity index is 1600. The minimum atomic E-state index is -1.01. The number of carboxylic acids is 1. The van der Waals surface area contributed by atoms with Gasteiger partial charge in [-0.3, -0.25) is 9.59 Å². The average molecular weight is 566 g/mol. The topological polar surface area (TPSA) is 93.9 Å². The van der Waals surface area contributed by atoms with Gasteiger partial charge in [0.2, 0.25) is 5.91 Å². The maximum atomic E-state index is 13.7. The number of fused-ring (bicyclic) bond motifs is 2. The molecule has 3 heterocycles. The molecule has 1 N–H and O–H groups in total. The van der Waals surface area contributed by atoms with E-state index in [-0.39, 0.29) is 30.6 Å². The quantitative estimate of drug-likeness (QED) is 0.300. The number of ether oxygens (including phenoxy) is 2. The first-order valence-corrected chi connectivity index (χ1v) is 12.5. The molecular weight excluding hydrogens is 537 g/mol. The van der Waals surface area contributed by atoms with E-state index in [1.165, 1.54) is 25.3 Å². The van der Waals surface area contributed by atoms with Gasteiger partial charge < -0.3 is 24.0 Å². The third-order valence-corrected chi connectivity index (χ3v) is 7.15. The molecule has 10 heteroatoms. The van der Waals surface area contributed by atoms with Crippen LogP contribution in [0, 0.1) is 5.82 Å². The number of aliphatic carboxylic acids is 1. The van der Waals surface area contributed by atoms with E-state index in [1.807, 2.05) is 29.8 Å². The van der Waals surface area contributed by atoms with Crippen molar-refractivity contribution in [1.82, 2.24) is 14.5 Å². The number of pyridine rings is 1. The highest BCUT2D eigenvalue weighted by Gasteiger charge is 2.33. The first kappa shape index (κ1) is 28.6. The van der Waals surface area contributed by atoms with Crippen LogP contribution in [0.1, 0.15) is 29.2 Å². The van der Waals surface area contributed by atoms with Gasteiger partial charge in [0.15, 0.2) is 11.5 Å². The largest absolute Gasteiger partial charge is 0.493 e. The molecule has 2 aromatic heterocycles. The third kappa shape index (κ3) is 5.24. The van der Waals surface area contributed by atoms with Gasteiger partial charge in [-0.15, -0.1) is 12.4 Å². The molecule has 1 atom stereocenters. The molecule has 1 amide bonds. The smallest absolute Gasteiger partial charge is 0.305 e. The number of carbonyl (C=O) groups is 2. The third-order valence-electron chi connectivity index (χ3n) is 7.15. The maximum absolute atomic E-state index is 13.7. The zero-order valence-electron chi connectivity index (χ0n) is 22.3. The van der Waals surface area contributed by atoms with Crippen molar-refractivity contribution in [1.29, 1.82) is 0 Å². The number of benzene rings is 2. The van der Waals surface area contributed by atoms with E-state index in [1.54, 1.807) is 42.5 Å². The Morgan fingerprint density at radius 2 is 1.82 bits per heavy atom. The van der Waals surface area contributed by atoms with Gasteiger partial charge in [-0.1, -0.05) is 0 Å². The number of rotatable bonds is 7. The zero-order chi connectivity index (χ0) is 27.7. The number of hydrogen-bond donors (Lipinski definition) is 1. The van der Waals surface area contributed by atoms with Crippen molar-refractivity contribution in [3.63, 3.8) is 0 Å². The molecule has 1 aliphatic heterocycles. The molecule has 0 fully saturated rings. The predicted octanol–water partition coefficient (Wildman–Crippen LogP) is 5.43. The second kappa shape index (κ2) is 11.8. The van der Waals surface area contributed by atoms with Crippen LogP contribution in [-0.4, -0.2) is 52.2 Å². The van der Waals surface area contributed by atoms with Gasteiger partial charge in [0.05, 0.1) is 32.4 Å². The summed E-state index contributed by atoms with van der Waals surface area (Å²) in [6.07, 6.45) is 5.19. The standard InChI is InChI=1S/C30H28FN3O5.ClH/c1-33-29(18-6-8-20(31)9-7-18)21(22-5-4-13-32-30(22)33)10-11-27(35)34-14-12-19-15-25(38-2)26(39-3)16-23(19)24(34)17-28(36)37;/h4-11,13,15-16,24H,12,14,17H2,1-3H3,(H,36,37);1H/b11-10+;. The number of carbonyl (C=O) groups excluding carboxylic acids is 1. The lowest BCUT2D eigenvalue weighted by atomic mass is 9.90. The Hall–Kier alpha value is -4.37. The fourth-order valence-electron chi connectivity index (χ4n) is 5.34. The maximum Gasteiger partial charge on any atom is 0.305 e. The minimum Gasteiger partial charge on any atom is -0.493 e. The predicted molar refractivity (Wildman–Crippen MR) is 152 cm³/mol. The van der Waals surface area contributed by atoms with Crippen molar-refractivity contribution in [3.8, 4) is 22.8 Å². The van der Waals surface area contributed by atoms with E-state index in [2.05, 4.69) is 4.98 Å². The normalized spacial score (nSPS) is 14.6. The van der Waals surface area contributed by atoms with Gasteiger partial charge in [-0.05, 0) is 77.7 Å². The number of aryl methyl sites for hydroxylation is 1. The second-order valence-corrected chi connectivity index (χ2v) is 9.34. The second-order valence-electron chi connectivity index (χ2n) is 9.34. The highest BCUT2D eigenvalue weighted by Crippen LogP contribution is 2.40. The highest BCUT2D eigenvalue weighted by molar-refractivity contribution is 6.00. The first-order chi connectivity index (χ1) is 18.8. The van der Waals surface area contributed by atoms with E-state index < -0.39 is 12.0 Å². The summed E-state index contributed by atoms with van der Waals surface area (Å²) in [5.41, 5.74) is 4.70. The molecule has 0 bridgehead atoms. The Morgan fingerprint density at radius 3 is 2.50 bits per heavy atom. The molecule has 8 nitrogen and oxygen atoms in total. The molecule has 1 aliphatic rings. The highest BCUT2D eigenvalue weighted by atomic mass is 35.5. The van der Waals surface area contributed by atoms with Crippen molar-refractivity contribution < 1.29 is 28.6 Å². The van der Waals surface area contributed by atoms with Crippen molar-refractivity contribution in [2.24, 2.45) is 7.05 Å². The summed E-state index contributed by atoms with van der Waals surface area (Å²) in [6.45, 7) is 0.353. The molecule has 208 valence electrons. The lowest BCUT2D eigenvalue weighted by Gasteiger charge is -2.36. The Kier molecular flexibility index (Phi) is 8.44. The molecule has 2 aromatic carbocycles. The van der Waals surface area contributed by atoms with Gasteiger partial charge in [0, 0.05) is 36.8 Å². The summed E-state index contributed by atoms with van der Waals surface area (Å²) in [6, 6.07) is 12.8. The van der Waals surface area contributed by atoms with Crippen LogP contribution < -0.4 is 9.47 Å². The number of methoxy groups -OCH3 is 2. The van der Waals surface area contributed by atoms with E-state index in [0.717, 1.165) is 39.0 Å². The van der Waals surface area contributed by atoms with Crippen LogP contribution in [-0.2, 0) is 23.1 Å². The first-order valence-electron chi connectivity index (χ1n) is 12.5. The number of nitrogens with zero attached hydrogens (tertiary/aromatic N) is 3. The fraction of sp³-hybridized carbons (Fsp3) is 0.233. The van der Waals surface area contributed by atoms with Crippen LogP contribution in [0.5, 0.6) is 11.5 Å². The molecular formula is C30H29ClFN3O5. The number of hydrogen-bond acceptors (Lipinski definition) is 5. The van der Waals surface area contributed by atoms with Crippen LogP contribution in [0.25, 0.3) is 28.4 Å². The van der Waals surface area contributed by atoms with Gasteiger partial charge >= 0.3 is 5.97 Å². The molecule has 0 saturated carbocycles. The molecule has 4 aromatic rings. The van der Waals surface area contributed by atoms with Gasteiger partial charge in [-0.2, -0.15) is 0 Å². The van der Waals surface area contributed by atoms with Crippen molar-refractivity contribution in [3.05, 3.63) is 83.3 Å². The number of halogens is 2. The van der Waals surface area contributed by atoms with E-state index in [9.17, 15) is 19.1 Å². The molecule has 5 rings (SSSR count). The number of amides is 1. The van der Waals surface area contributed by atoms with Crippen LogP contribution in [0.4, 0.5) is 4.39 Å². The van der Waals surface area contributed by atoms with Crippen LogP contribution >= 0.6 is 12.4 Å². The van der Waals surface area contributed by atoms with Crippen molar-refractivity contribution in [2.75, 3.05) is 20.8 Å². The molecule has 0 aliphatic carbocycles. The summed E-state index contributed by atoms with van der Waals surface area (Å²) in [4.78, 5) is 31.5. The van der Waals surface area contributed by atoms with Crippen LogP contribution in [0.3, 0.4) is 0 Å².